The third-order valence-corrected chi connectivity index (χ3v) is 4.90. The highest BCUT2D eigenvalue weighted by Gasteiger charge is 2.21. The van der Waals surface area contributed by atoms with Gasteiger partial charge in [0.1, 0.15) is 5.82 Å². The zero-order chi connectivity index (χ0) is 18.8. The van der Waals surface area contributed by atoms with Crippen LogP contribution in [-0.4, -0.2) is 36.8 Å². The second-order valence-corrected chi connectivity index (χ2v) is 8.30. The summed E-state index contributed by atoms with van der Waals surface area (Å²) < 4.78 is 37.9. The predicted octanol–water partition coefficient (Wildman–Crippen LogP) is 2.37. The number of hydrogen-bond donors (Lipinski definition) is 1. The average molecular weight is 367 g/mol. The van der Waals surface area contributed by atoms with Crippen LogP contribution in [-0.2, 0) is 23.1 Å². The van der Waals surface area contributed by atoms with Crippen molar-refractivity contribution in [3.63, 3.8) is 0 Å². The van der Waals surface area contributed by atoms with Gasteiger partial charge in [-0.3, -0.25) is 0 Å². The molecule has 1 N–H and O–H groups in total. The molecule has 0 radical (unpaired) electrons. The van der Waals surface area contributed by atoms with Gasteiger partial charge in [0.25, 0.3) is 0 Å². The van der Waals surface area contributed by atoms with Crippen molar-refractivity contribution < 1.29 is 17.9 Å². The predicted molar refractivity (Wildman–Crippen MR) is 95.1 cm³/mol. The van der Waals surface area contributed by atoms with Crippen LogP contribution in [0.1, 0.15) is 25.1 Å². The van der Waals surface area contributed by atoms with E-state index >= 15 is 0 Å². The SMILES string of the molecule is CC(C)Cc1nc(N(C)S(C)(=O)=O)nc(-c2ccc(F)cc2)c1CO. The van der Waals surface area contributed by atoms with E-state index in [2.05, 4.69) is 9.97 Å². The van der Waals surface area contributed by atoms with Crippen LogP contribution in [0.5, 0.6) is 0 Å². The van der Waals surface area contributed by atoms with Gasteiger partial charge in [-0.1, -0.05) is 13.8 Å². The number of aromatic nitrogens is 2. The Labute approximate surface area is 147 Å². The van der Waals surface area contributed by atoms with Crippen LogP contribution in [0.4, 0.5) is 10.3 Å². The highest BCUT2D eigenvalue weighted by atomic mass is 32.2. The van der Waals surface area contributed by atoms with Gasteiger partial charge in [-0.25, -0.2) is 27.1 Å². The van der Waals surface area contributed by atoms with Gasteiger partial charge in [-0.05, 0) is 36.6 Å². The lowest BCUT2D eigenvalue weighted by molar-refractivity contribution is 0.279. The number of halogens is 1. The smallest absolute Gasteiger partial charge is 0.239 e. The summed E-state index contributed by atoms with van der Waals surface area (Å²) in [4.78, 5) is 8.69. The van der Waals surface area contributed by atoms with Gasteiger partial charge in [0.05, 0.1) is 24.3 Å². The van der Waals surface area contributed by atoms with Crippen LogP contribution in [0.25, 0.3) is 11.3 Å². The molecular weight excluding hydrogens is 345 g/mol. The fourth-order valence-electron chi connectivity index (χ4n) is 2.37. The minimum atomic E-state index is -3.54. The molecule has 0 saturated heterocycles. The zero-order valence-electron chi connectivity index (χ0n) is 14.7. The molecule has 0 spiro atoms. The van der Waals surface area contributed by atoms with E-state index in [1.165, 1.54) is 19.2 Å². The molecule has 0 atom stereocenters. The van der Waals surface area contributed by atoms with E-state index in [0.717, 1.165) is 10.6 Å². The monoisotopic (exact) mass is 367 g/mol. The minimum absolute atomic E-state index is 0.0228. The molecular formula is C17H22FN3O3S. The van der Waals surface area contributed by atoms with Crippen molar-refractivity contribution in [2.45, 2.75) is 26.9 Å². The Balaban J connectivity index is 2.72. The van der Waals surface area contributed by atoms with E-state index in [-0.39, 0.29) is 24.3 Å². The lowest BCUT2D eigenvalue weighted by Crippen LogP contribution is -2.28. The molecule has 25 heavy (non-hydrogen) atoms. The average Bonchev–Trinajstić information content (AvgIpc) is 2.52. The summed E-state index contributed by atoms with van der Waals surface area (Å²) in [7, 11) is -2.17. The highest BCUT2D eigenvalue weighted by molar-refractivity contribution is 7.92. The summed E-state index contributed by atoms with van der Waals surface area (Å²) in [5.41, 5.74) is 2.09. The van der Waals surface area contributed by atoms with Crippen molar-refractivity contribution in [1.29, 1.82) is 0 Å². The number of hydrogen-bond acceptors (Lipinski definition) is 5. The van der Waals surface area contributed by atoms with Gasteiger partial charge < -0.3 is 5.11 Å². The van der Waals surface area contributed by atoms with Crippen LogP contribution < -0.4 is 4.31 Å². The van der Waals surface area contributed by atoms with Crippen molar-refractivity contribution in [2.75, 3.05) is 17.6 Å². The van der Waals surface area contributed by atoms with Crippen molar-refractivity contribution in [2.24, 2.45) is 5.92 Å². The van der Waals surface area contributed by atoms with Crippen molar-refractivity contribution in [3.8, 4) is 11.3 Å². The minimum Gasteiger partial charge on any atom is -0.392 e. The van der Waals surface area contributed by atoms with E-state index in [4.69, 9.17) is 0 Å². The van der Waals surface area contributed by atoms with E-state index in [1.54, 1.807) is 12.1 Å². The molecule has 0 unspecified atom stereocenters. The van der Waals surface area contributed by atoms with Gasteiger partial charge in [-0.15, -0.1) is 0 Å². The molecule has 0 saturated carbocycles. The summed E-state index contributed by atoms with van der Waals surface area (Å²) >= 11 is 0. The molecule has 0 fully saturated rings. The van der Waals surface area contributed by atoms with Gasteiger partial charge in [0, 0.05) is 18.2 Å². The molecule has 0 bridgehead atoms. The van der Waals surface area contributed by atoms with Crippen molar-refractivity contribution >= 4 is 16.0 Å². The lowest BCUT2D eigenvalue weighted by atomic mass is 9.99. The van der Waals surface area contributed by atoms with Crippen LogP contribution in [0.15, 0.2) is 24.3 Å². The Morgan fingerprint density at radius 3 is 2.28 bits per heavy atom. The molecule has 136 valence electrons. The topological polar surface area (TPSA) is 83.4 Å². The summed E-state index contributed by atoms with van der Waals surface area (Å²) in [5.74, 6) is -0.119. The molecule has 2 rings (SSSR count). The second kappa shape index (κ2) is 7.45. The third-order valence-electron chi connectivity index (χ3n) is 3.74. The molecule has 6 nitrogen and oxygen atoms in total. The van der Waals surface area contributed by atoms with Crippen LogP contribution in [0.2, 0.25) is 0 Å². The number of anilines is 1. The van der Waals surface area contributed by atoms with Gasteiger partial charge in [0.2, 0.25) is 16.0 Å². The Morgan fingerprint density at radius 1 is 1.20 bits per heavy atom. The second-order valence-electron chi connectivity index (χ2n) is 6.29. The van der Waals surface area contributed by atoms with Gasteiger partial charge >= 0.3 is 0 Å². The maximum Gasteiger partial charge on any atom is 0.239 e. The van der Waals surface area contributed by atoms with E-state index in [1.807, 2.05) is 13.8 Å². The summed E-state index contributed by atoms with van der Waals surface area (Å²) in [6.07, 6.45) is 1.62. The first kappa shape index (κ1) is 19.3. The number of aliphatic hydroxyl groups excluding tert-OH is 1. The Bertz CT molecular complexity index is 852. The Kier molecular flexibility index (Phi) is 5.74. The number of sulfonamides is 1. The van der Waals surface area contributed by atoms with Crippen molar-refractivity contribution in [1.82, 2.24) is 9.97 Å². The first-order chi connectivity index (χ1) is 11.6. The van der Waals surface area contributed by atoms with E-state index in [0.29, 0.717) is 28.9 Å². The molecule has 8 heteroatoms. The normalized spacial score (nSPS) is 11.8. The van der Waals surface area contributed by atoms with Gasteiger partial charge in [-0.2, -0.15) is 0 Å². The lowest BCUT2D eigenvalue weighted by Gasteiger charge is -2.20. The van der Waals surface area contributed by atoms with Crippen LogP contribution in [0.3, 0.4) is 0 Å². The number of aliphatic hydroxyl groups is 1. The summed E-state index contributed by atoms with van der Waals surface area (Å²) in [6, 6.07) is 5.67. The maximum atomic E-state index is 13.2. The number of benzene rings is 1. The molecule has 0 amide bonds. The van der Waals surface area contributed by atoms with Crippen LogP contribution >= 0.6 is 0 Å². The first-order valence-corrected chi connectivity index (χ1v) is 9.68. The van der Waals surface area contributed by atoms with Crippen LogP contribution in [0, 0.1) is 11.7 Å². The maximum absolute atomic E-state index is 13.2. The molecule has 1 aromatic carbocycles. The zero-order valence-corrected chi connectivity index (χ0v) is 15.5. The fourth-order valence-corrected chi connectivity index (χ4v) is 2.75. The van der Waals surface area contributed by atoms with Crippen molar-refractivity contribution in [3.05, 3.63) is 41.3 Å². The molecule has 0 aliphatic heterocycles. The Morgan fingerprint density at radius 2 is 1.80 bits per heavy atom. The van der Waals surface area contributed by atoms with E-state index in [9.17, 15) is 17.9 Å². The standard InChI is InChI=1S/C17H22FN3O3S/c1-11(2)9-15-14(10-22)16(12-5-7-13(18)8-6-12)20-17(19-15)21(3)25(4,23)24/h5-8,11,22H,9-10H2,1-4H3. The summed E-state index contributed by atoms with van der Waals surface area (Å²) in [5, 5.41) is 9.83. The molecule has 1 heterocycles. The first-order valence-electron chi connectivity index (χ1n) is 7.84. The quantitative estimate of drug-likeness (QED) is 0.847. The fraction of sp³-hybridized carbons (Fsp3) is 0.412. The largest absolute Gasteiger partial charge is 0.392 e. The molecule has 0 aliphatic rings. The molecule has 2 aromatic rings. The number of nitrogens with zero attached hydrogens (tertiary/aromatic N) is 3. The Hall–Kier alpha value is -2.06. The highest BCUT2D eigenvalue weighted by Crippen LogP contribution is 2.28. The summed E-state index contributed by atoms with van der Waals surface area (Å²) in [6.45, 7) is 3.71. The van der Waals surface area contributed by atoms with E-state index < -0.39 is 10.0 Å². The molecule has 0 aliphatic carbocycles. The number of rotatable bonds is 6. The third kappa shape index (κ3) is 4.52. The van der Waals surface area contributed by atoms with Gasteiger partial charge in [0.15, 0.2) is 0 Å². The molecule has 1 aromatic heterocycles.